The molecule has 0 aromatic heterocycles. The summed E-state index contributed by atoms with van der Waals surface area (Å²) in [6.07, 6.45) is -0.615. The molecule has 1 unspecified atom stereocenters. The van der Waals surface area contributed by atoms with Crippen molar-refractivity contribution in [3.63, 3.8) is 0 Å². The first-order chi connectivity index (χ1) is 7.88. The lowest BCUT2D eigenvalue weighted by Crippen LogP contribution is -2.58. The van der Waals surface area contributed by atoms with E-state index in [0.29, 0.717) is 0 Å². The number of piperazine rings is 1. The molecule has 1 heterocycles. The number of sulfonamides is 1. The van der Waals surface area contributed by atoms with Gasteiger partial charge in [0.25, 0.3) is 0 Å². The molecule has 0 aliphatic carbocycles. The highest BCUT2D eigenvalue weighted by Crippen LogP contribution is 2.14. The number of rotatable bonds is 4. The van der Waals surface area contributed by atoms with E-state index in [-0.39, 0.29) is 13.1 Å². The van der Waals surface area contributed by atoms with Crippen LogP contribution in [0.2, 0.25) is 0 Å². The van der Waals surface area contributed by atoms with Crippen molar-refractivity contribution in [2.45, 2.75) is 12.5 Å². The number of carbonyl (C=O) groups is 2. The SMILES string of the molecule is N#CCS(=O)(=O)N1CCNC(=O)C1CC(=O)O. The van der Waals surface area contributed by atoms with Gasteiger partial charge in [0.15, 0.2) is 5.75 Å². The average molecular weight is 261 g/mol. The fourth-order valence-electron chi connectivity index (χ4n) is 1.55. The van der Waals surface area contributed by atoms with Crippen molar-refractivity contribution in [3.05, 3.63) is 0 Å². The average Bonchev–Trinajstić information content (AvgIpc) is 2.20. The van der Waals surface area contributed by atoms with Gasteiger partial charge in [0.2, 0.25) is 15.9 Å². The molecule has 0 bridgehead atoms. The van der Waals surface area contributed by atoms with Crippen molar-refractivity contribution in [2.24, 2.45) is 0 Å². The van der Waals surface area contributed by atoms with Crippen molar-refractivity contribution in [2.75, 3.05) is 18.8 Å². The summed E-state index contributed by atoms with van der Waals surface area (Å²) < 4.78 is 24.1. The fourth-order valence-corrected chi connectivity index (χ4v) is 2.81. The van der Waals surface area contributed by atoms with E-state index in [1.165, 1.54) is 6.07 Å². The van der Waals surface area contributed by atoms with Crippen LogP contribution in [0.5, 0.6) is 0 Å². The van der Waals surface area contributed by atoms with Gasteiger partial charge in [-0.1, -0.05) is 0 Å². The number of nitrogens with one attached hydrogen (secondary N) is 1. The zero-order chi connectivity index (χ0) is 13.1. The van der Waals surface area contributed by atoms with Crippen LogP contribution in [0.25, 0.3) is 0 Å². The summed E-state index contributed by atoms with van der Waals surface area (Å²) >= 11 is 0. The minimum absolute atomic E-state index is 0.0201. The van der Waals surface area contributed by atoms with E-state index in [4.69, 9.17) is 10.4 Å². The number of carbonyl (C=O) groups excluding carboxylic acids is 1. The van der Waals surface area contributed by atoms with Crippen molar-refractivity contribution in [1.29, 1.82) is 5.26 Å². The highest BCUT2D eigenvalue weighted by atomic mass is 32.2. The molecule has 1 atom stereocenters. The summed E-state index contributed by atoms with van der Waals surface area (Å²) in [6, 6.07) is 0.207. The third-order valence-corrected chi connectivity index (χ3v) is 3.90. The summed E-state index contributed by atoms with van der Waals surface area (Å²) in [7, 11) is -3.91. The zero-order valence-electron chi connectivity index (χ0n) is 8.79. The Hall–Kier alpha value is -1.66. The molecule has 1 amide bonds. The van der Waals surface area contributed by atoms with Gasteiger partial charge in [-0.15, -0.1) is 0 Å². The topological polar surface area (TPSA) is 128 Å². The normalized spacial score (nSPS) is 21.6. The van der Waals surface area contributed by atoms with Gasteiger partial charge >= 0.3 is 5.97 Å². The van der Waals surface area contributed by atoms with E-state index in [0.717, 1.165) is 4.31 Å². The molecule has 1 aliphatic rings. The fraction of sp³-hybridized carbons (Fsp3) is 0.625. The van der Waals surface area contributed by atoms with Crippen molar-refractivity contribution in [3.8, 4) is 6.07 Å². The van der Waals surface area contributed by atoms with Crippen LogP contribution >= 0.6 is 0 Å². The van der Waals surface area contributed by atoms with Crippen molar-refractivity contribution >= 4 is 21.9 Å². The highest BCUT2D eigenvalue weighted by Gasteiger charge is 2.38. The number of hydrogen-bond donors (Lipinski definition) is 2. The minimum Gasteiger partial charge on any atom is -0.481 e. The Labute approximate surface area is 97.9 Å². The van der Waals surface area contributed by atoms with Crippen molar-refractivity contribution in [1.82, 2.24) is 9.62 Å². The van der Waals surface area contributed by atoms with E-state index in [1.807, 2.05) is 0 Å². The molecule has 94 valence electrons. The maximum atomic E-state index is 11.7. The number of nitriles is 1. The van der Waals surface area contributed by atoms with E-state index in [1.54, 1.807) is 0 Å². The summed E-state index contributed by atoms with van der Waals surface area (Å²) in [6.45, 7) is 0.0906. The molecule has 0 saturated carbocycles. The molecule has 9 heteroatoms. The molecular formula is C8H11N3O5S. The van der Waals surface area contributed by atoms with E-state index < -0.39 is 40.1 Å². The van der Waals surface area contributed by atoms with Gasteiger partial charge in [0.1, 0.15) is 6.04 Å². The van der Waals surface area contributed by atoms with Gasteiger partial charge in [-0.25, -0.2) is 8.42 Å². The molecule has 0 aromatic rings. The molecule has 1 fully saturated rings. The van der Waals surface area contributed by atoms with Crippen LogP contribution in [0.15, 0.2) is 0 Å². The standard InChI is InChI=1S/C8H11N3O5S/c9-1-4-17(15,16)11-3-2-10-8(14)6(11)5-7(12)13/h6H,2-5H2,(H,10,14)(H,12,13). The molecule has 8 nitrogen and oxygen atoms in total. The quantitative estimate of drug-likeness (QED) is 0.609. The minimum atomic E-state index is -3.91. The Balaban J connectivity index is 2.98. The van der Waals surface area contributed by atoms with Crippen LogP contribution in [-0.2, 0) is 19.6 Å². The monoisotopic (exact) mass is 261 g/mol. The van der Waals surface area contributed by atoms with Crippen LogP contribution in [0.3, 0.4) is 0 Å². The van der Waals surface area contributed by atoms with E-state index in [9.17, 15) is 18.0 Å². The van der Waals surface area contributed by atoms with Gasteiger partial charge in [-0.05, 0) is 0 Å². The van der Waals surface area contributed by atoms with Gasteiger partial charge in [-0.2, -0.15) is 9.57 Å². The molecule has 17 heavy (non-hydrogen) atoms. The smallest absolute Gasteiger partial charge is 0.305 e. The Kier molecular flexibility index (Phi) is 4.03. The van der Waals surface area contributed by atoms with Gasteiger partial charge in [0, 0.05) is 13.1 Å². The predicted molar refractivity (Wildman–Crippen MR) is 55.2 cm³/mol. The number of amides is 1. The molecule has 1 aliphatic heterocycles. The first-order valence-electron chi connectivity index (χ1n) is 4.74. The summed E-state index contributed by atoms with van der Waals surface area (Å²) in [4.78, 5) is 22.0. The van der Waals surface area contributed by atoms with E-state index in [2.05, 4.69) is 5.32 Å². The largest absolute Gasteiger partial charge is 0.481 e. The van der Waals surface area contributed by atoms with Gasteiger partial charge in [0.05, 0.1) is 12.5 Å². The van der Waals surface area contributed by atoms with Gasteiger partial charge in [-0.3, -0.25) is 9.59 Å². The molecule has 2 N–H and O–H groups in total. The number of nitrogens with zero attached hydrogens (tertiary/aromatic N) is 2. The van der Waals surface area contributed by atoms with Crippen LogP contribution < -0.4 is 5.32 Å². The summed E-state index contributed by atoms with van der Waals surface area (Å²) in [5, 5.41) is 19.4. The maximum Gasteiger partial charge on any atom is 0.305 e. The van der Waals surface area contributed by atoms with Crippen LogP contribution in [0.4, 0.5) is 0 Å². The van der Waals surface area contributed by atoms with Crippen LogP contribution in [-0.4, -0.2) is 54.6 Å². The van der Waals surface area contributed by atoms with Gasteiger partial charge < -0.3 is 10.4 Å². The predicted octanol–water partition coefficient (Wildman–Crippen LogP) is -1.89. The maximum absolute atomic E-state index is 11.7. The summed E-state index contributed by atoms with van der Waals surface area (Å²) in [5.74, 6) is -2.69. The molecule has 1 rings (SSSR count). The van der Waals surface area contributed by atoms with Crippen LogP contribution in [0, 0.1) is 11.3 Å². The zero-order valence-corrected chi connectivity index (χ0v) is 9.61. The van der Waals surface area contributed by atoms with Crippen LogP contribution in [0.1, 0.15) is 6.42 Å². The summed E-state index contributed by atoms with van der Waals surface area (Å²) in [5.41, 5.74) is 0. The molecular weight excluding hydrogens is 250 g/mol. The Morgan fingerprint density at radius 3 is 2.82 bits per heavy atom. The third-order valence-electron chi connectivity index (χ3n) is 2.25. The number of aliphatic carboxylic acids is 1. The number of hydrogen-bond acceptors (Lipinski definition) is 5. The molecule has 0 spiro atoms. The Bertz CT molecular complexity index is 466. The second kappa shape index (κ2) is 5.11. The second-order valence-electron chi connectivity index (χ2n) is 3.43. The Morgan fingerprint density at radius 1 is 1.65 bits per heavy atom. The molecule has 0 aromatic carbocycles. The second-order valence-corrected chi connectivity index (χ2v) is 5.35. The lowest BCUT2D eigenvalue weighted by atomic mass is 10.1. The van der Waals surface area contributed by atoms with E-state index >= 15 is 0 Å². The Morgan fingerprint density at radius 2 is 2.29 bits per heavy atom. The third kappa shape index (κ3) is 3.15. The highest BCUT2D eigenvalue weighted by molar-refractivity contribution is 7.89. The van der Waals surface area contributed by atoms with Crippen molar-refractivity contribution < 1.29 is 23.1 Å². The lowest BCUT2D eigenvalue weighted by Gasteiger charge is -2.32. The lowest BCUT2D eigenvalue weighted by molar-refractivity contribution is -0.141. The first kappa shape index (κ1) is 13.4. The molecule has 1 saturated heterocycles. The molecule has 0 radical (unpaired) electrons. The first-order valence-corrected chi connectivity index (χ1v) is 6.35. The number of carboxylic acid groups (broad SMARTS) is 1. The number of carboxylic acids is 1.